The van der Waals surface area contributed by atoms with E-state index in [1.165, 1.54) is 6.33 Å². The molecule has 2 aromatic rings. The Labute approximate surface area is 163 Å². The largest absolute Gasteiger partial charge is 0.482 e. The van der Waals surface area contributed by atoms with Crippen LogP contribution in [0.5, 0.6) is 0 Å². The monoisotopic (exact) mass is 384 g/mol. The Morgan fingerprint density at radius 3 is 3.11 bits per heavy atom. The van der Waals surface area contributed by atoms with Crippen molar-refractivity contribution in [2.24, 2.45) is 0 Å². The second-order valence-electron chi connectivity index (χ2n) is 7.04. The van der Waals surface area contributed by atoms with Gasteiger partial charge in [0.05, 0.1) is 25.3 Å². The summed E-state index contributed by atoms with van der Waals surface area (Å²) in [7, 11) is 0. The molecule has 2 fully saturated rings. The molecular formula is C20H24N4O4. The van der Waals surface area contributed by atoms with Gasteiger partial charge >= 0.3 is 0 Å². The van der Waals surface area contributed by atoms with E-state index in [0.29, 0.717) is 25.4 Å². The summed E-state index contributed by atoms with van der Waals surface area (Å²) in [5.41, 5.74) is 1.47. The quantitative estimate of drug-likeness (QED) is 0.549. The van der Waals surface area contributed by atoms with Gasteiger partial charge in [-0.05, 0) is 30.7 Å². The first-order valence-corrected chi connectivity index (χ1v) is 9.53. The fraction of sp³-hybridized carbons (Fsp3) is 0.450. The van der Waals surface area contributed by atoms with Gasteiger partial charge in [-0.15, -0.1) is 0 Å². The molecule has 8 heteroatoms. The minimum absolute atomic E-state index is 0.118. The molecule has 8 nitrogen and oxygen atoms in total. The summed E-state index contributed by atoms with van der Waals surface area (Å²) in [5.74, 6) is -0.0207. The number of hydrogen-bond donors (Lipinski definition) is 2. The fourth-order valence-electron chi connectivity index (χ4n) is 3.38. The Hall–Kier alpha value is -2.55. The van der Waals surface area contributed by atoms with Gasteiger partial charge in [-0.25, -0.2) is 9.97 Å². The molecule has 2 N–H and O–H groups in total. The summed E-state index contributed by atoms with van der Waals surface area (Å²) < 4.78 is 11.3. The number of aliphatic hydroxyl groups is 1. The second-order valence-corrected chi connectivity index (χ2v) is 7.04. The van der Waals surface area contributed by atoms with E-state index < -0.39 is 0 Å². The molecule has 0 bridgehead atoms. The van der Waals surface area contributed by atoms with E-state index in [9.17, 15) is 9.90 Å². The Bertz CT molecular complexity index is 864. The van der Waals surface area contributed by atoms with E-state index >= 15 is 0 Å². The Morgan fingerprint density at radius 1 is 1.43 bits per heavy atom. The standard InChI is InChI=1S/C20H24N4O4/c25-11-16-3-6-24(16)7-4-19(28-17-5-8-27-12-17)20(26)23-15-1-2-18-14(9-15)10-21-13-22-18/h1-2,4,9-10,13,16-17,25H,3,5-8,11-12H2,(H,23,26). The van der Waals surface area contributed by atoms with E-state index in [2.05, 4.69) is 20.2 Å². The van der Waals surface area contributed by atoms with Crippen molar-refractivity contribution in [3.63, 3.8) is 0 Å². The molecule has 2 aliphatic heterocycles. The summed E-state index contributed by atoms with van der Waals surface area (Å²) in [6.07, 6.45) is 6.61. The third-order valence-electron chi connectivity index (χ3n) is 5.16. The van der Waals surface area contributed by atoms with Gasteiger partial charge in [0.1, 0.15) is 12.4 Å². The van der Waals surface area contributed by atoms with Crippen LogP contribution in [0.25, 0.3) is 10.9 Å². The van der Waals surface area contributed by atoms with Crippen LogP contribution in [0.4, 0.5) is 5.69 Å². The number of amides is 1. The molecule has 148 valence electrons. The van der Waals surface area contributed by atoms with Crippen molar-refractivity contribution in [1.29, 1.82) is 0 Å². The van der Waals surface area contributed by atoms with Crippen molar-refractivity contribution in [3.05, 3.63) is 42.6 Å². The lowest BCUT2D eigenvalue weighted by atomic mass is 10.0. The molecule has 2 atom stereocenters. The van der Waals surface area contributed by atoms with E-state index in [1.807, 2.05) is 12.1 Å². The number of hydrogen-bond acceptors (Lipinski definition) is 7. The first-order valence-electron chi connectivity index (χ1n) is 9.53. The van der Waals surface area contributed by atoms with Crippen LogP contribution >= 0.6 is 0 Å². The lowest BCUT2D eigenvalue weighted by Crippen LogP contribution is -2.49. The van der Waals surface area contributed by atoms with Crippen molar-refractivity contribution in [3.8, 4) is 0 Å². The minimum Gasteiger partial charge on any atom is -0.482 e. The number of likely N-dealkylation sites (tertiary alicyclic amines) is 1. The highest BCUT2D eigenvalue weighted by Crippen LogP contribution is 2.20. The minimum atomic E-state index is -0.302. The number of nitrogens with zero attached hydrogens (tertiary/aromatic N) is 3. The number of benzene rings is 1. The van der Waals surface area contributed by atoms with Gasteiger partial charge in [0, 0.05) is 42.8 Å². The maximum absolute atomic E-state index is 12.9. The van der Waals surface area contributed by atoms with Crippen molar-refractivity contribution >= 4 is 22.5 Å². The van der Waals surface area contributed by atoms with Crippen LogP contribution in [0.15, 0.2) is 42.6 Å². The lowest BCUT2D eigenvalue weighted by Gasteiger charge is -2.39. The number of nitrogens with one attached hydrogen (secondary N) is 1. The predicted molar refractivity (Wildman–Crippen MR) is 104 cm³/mol. The highest BCUT2D eigenvalue weighted by Gasteiger charge is 2.27. The van der Waals surface area contributed by atoms with E-state index in [0.717, 1.165) is 30.3 Å². The highest BCUT2D eigenvalue weighted by atomic mass is 16.5. The van der Waals surface area contributed by atoms with Gasteiger partial charge in [-0.3, -0.25) is 9.69 Å². The summed E-state index contributed by atoms with van der Waals surface area (Å²) >= 11 is 0. The van der Waals surface area contributed by atoms with Crippen molar-refractivity contribution in [2.75, 3.05) is 38.2 Å². The summed E-state index contributed by atoms with van der Waals surface area (Å²) in [6, 6.07) is 5.64. The number of ether oxygens (including phenoxy) is 2. The number of rotatable bonds is 7. The van der Waals surface area contributed by atoms with E-state index in [-0.39, 0.29) is 30.4 Å². The van der Waals surface area contributed by atoms with Gasteiger partial charge < -0.3 is 19.9 Å². The molecule has 1 aromatic heterocycles. The first-order chi connectivity index (χ1) is 13.7. The van der Waals surface area contributed by atoms with Crippen LogP contribution in [0, 0.1) is 0 Å². The number of aromatic nitrogens is 2. The van der Waals surface area contributed by atoms with Crippen molar-refractivity contribution < 1.29 is 19.4 Å². The van der Waals surface area contributed by atoms with E-state index in [1.54, 1.807) is 18.3 Å². The summed E-state index contributed by atoms with van der Waals surface area (Å²) in [5, 5.41) is 13.1. The SMILES string of the molecule is O=C(Nc1ccc2ncncc2c1)C(=CCN1CCC1CO)OC1CCOC1. The number of aliphatic hydroxyl groups excluding tert-OH is 1. The zero-order chi connectivity index (χ0) is 19.3. The number of carbonyl (C=O) groups is 1. The molecule has 0 spiro atoms. The average molecular weight is 384 g/mol. The zero-order valence-corrected chi connectivity index (χ0v) is 15.6. The molecule has 28 heavy (non-hydrogen) atoms. The summed E-state index contributed by atoms with van der Waals surface area (Å²) in [6.45, 7) is 2.73. The number of anilines is 1. The normalized spacial score (nSPS) is 22.8. The Balaban J connectivity index is 1.47. The molecule has 0 saturated carbocycles. The first kappa shape index (κ1) is 18.8. The fourth-order valence-corrected chi connectivity index (χ4v) is 3.38. The molecule has 2 saturated heterocycles. The van der Waals surface area contributed by atoms with Crippen LogP contribution in [0.2, 0.25) is 0 Å². The van der Waals surface area contributed by atoms with Gasteiger partial charge in [-0.1, -0.05) is 0 Å². The van der Waals surface area contributed by atoms with Crippen LogP contribution in [-0.2, 0) is 14.3 Å². The third kappa shape index (κ3) is 4.30. The Morgan fingerprint density at radius 2 is 2.36 bits per heavy atom. The van der Waals surface area contributed by atoms with Crippen molar-refractivity contribution in [2.45, 2.75) is 25.0 Å². The molecule has 1 amide bonds. The second kappa shape index (κ2) is 8.64. The molecule has 0 radical (unpaired) electrons. The smallest absolute Gasteiger partial charge is 0.290 e. The highest BCUT2D eigenvalue weighted by molar-refractivity contribution is 6.03. The van der Waals surface area contributed by atoms with Gasteiger partial charge in [0.15, 0.2) is 5.76 Å². The molecule has 4 rings (SSSR count). The maximum atomic E-state index is 12.9. The van der Waals surface area contributed by atoms with Crippen LogP contribution < -0.4 is 5.32 Å². The third-order valence-corrected chi connectivity index (χ3v) is 5.16. The molecular weight excluding hydrogens is 360 g/mol. The molecule has 2 aliphatic rings. The van der Waals surface area contributed by atoms with Gasteiger partial charge in [0.25, 0.3) is 5.91 Å². The van der Waals surface area contributed by atoms with Crippen molar-refractivity contribution in [1.82, 2.24) is 14.9 Å². The topological polar surface area (TPSA) is 96.8 Å². The Kier molecular flexibility index (Phi) is 5.80. The average Bonchev–Trinajstić information content (AvgIpc) is 3.20. The van der Waals surface area contributed by atoms with E-state index in [4.69, 9.17) is 9.47 Å². The molecule has 3 heterocycles. The molecule has 1 aromatic carbocycles. The predicted octanol–water partition coefficient (Wildman–Crippen LogP) is 1.32. The lowest BCUT2D eigenvalue weighted by molar-refractivity contribution is -0.117. The molecule has 0 aliphatic carbocycles. The van der Waals surface area contributed by atoms with Gasteiger partial charge in [0.2, 0.25) is 0 Å². The van der Waals surface area contributed by atoms with Crippen LogP contribution in [-0.4, -0.2) is 70.9 Å². The number of carbonyl (C=O) groups excluding carboxylic acids is 1. The molecule has 2 unspecified atom stereocenters. The summed E-state index contributed by atoms with van der Waals surface area (Å²) in [4.78, 5) is 23.2. The zero-order valence-electron chi connectivity index (χ0n) is 15.6. The number of fused-ring (bicyclic) bond motifs is 1. The van der Waals surface area contributed by atoms with Gasteiger partial charge in [-0.2, -0.15) is 0 Å². The maximum Gasteiger partial charge on any atom is 0.290 e. The van der Waals surface area contributed by atoms with Crippen LogP contribution in [0.1, 0.15) is 12.8 Å². The van der Waals surface area contributed by atoms with Crippen LogP contribution in [0.3, 0.4) is 0 Å².